The van der Waals surface area contributed by atoms with Gasteiger partial charge in [-0.05, 0) is 43.5 Å². The maximum Gasteiger partial charge on any atom is 0.251 e. The van der Waals surface area contributed by atoms with Crippen molar-refractivity contribution in [2.75, 3.05) is 5.32 Å². The summed E-state index contributed by atoms with van der Waals surface area (Å²) in [4.78, 5) is 26.2. The number of rotatable bonds is 5. The number of nitrogens with one attached hydrogen (secondary N) is 1. The van der Waals surface area contributed by atoms with Crippen LogP contribution in [0.4, 0.5) is 5.88 Å². The number of pyridine rings is 1. The number of carbonyl (C=O) groups excluding carboxylic acids is 1. The highest BCUT2D eigenvalue weighted by molar-refractivity contribution is 5.96. The molecule has 3 aromatic carbocycles. The van der Waals surface area contributed by atoms with Crippen molar-refractivity contribution in [3.8, 4) is 28.5 Å². The van der Waals surface area contributed by atoms with E-state index in [1.54, 1.807) is 6.07 Å². The first-order valence-corrected chi connectivity index (χ1v) is 12.0. The third-order valence-corrected chi connectivity index (χ3v) is 6.42. The van der Waals surface area contributed by atoms with Crippen LogP contribution in [0.15, 0.2) is 88.1 Å². The van der Waals surface area contributed by atoms with Crippen LogP contribution in [0.2, 0.25) is 0 Å². The van der Waals surface area contributed by atoms with Gasteiger partial charge < -0.3 is 4.42 Å². The van der Waals surface area contributed by atoms with Crippen LogP contribution in [-0.2, 0) is 11.3 Å². The van der Waals surface area contributed by atoms with E-state index in [1.807, 2.05) is 93.6 Å². The van der Waals surface area contributed by atoms with Gasteiger partial charge in [0.15, 0.2) is 0 Å². The fourth-order valence-corrected chi connectivity index (χ4v) is 4.84. The molecule has 2 aromatic heterocycles. The van der Waals surface area contributed by atoms with E-state index in [4.69, 9.17) is 4.42 Å². The zero-order valence-corrected chi connectivity index (χ0v) is 20.8. The zero-order chi connectivity index (χ0) is 26.1. The number of aromatic nitrogens is 1. The van der Waals surface area contributed by atoms with Gasteiger partial charge in [0.2, 0.25) is 11.8 Å². The lowest BCUT2D eigenvalue weighted by Crippen LogP contribution is -2.28. The number of hydrogen-bond donors (Lipinski definition) is 1. The highest BCUT2D eigenvalue weighted by Crippen LogP contribution is 2.41. The average molecular weight is 488 g/mol. The quantitative estimate of drug-likeness (QED) is 0.312. The first kappa shape index (κ1) is 23.8. The molecule has 0 unspecified atom stereocenters. The molecular weight excluding hydrogens is 462 g/mol. The molecule has 0 saturated carbocycles. The Morgan fingerprint density at radius 3 is 2.22 bits per heavy atom. The lowest BCUT2D eigenvalue weighted by molar-refractivity contribution is -0.116. The van der Waals surface area contributed by atoms with Crippen LogP contribution in [0, 0.1) is 32.1 Å². The van der Waals surface area contributed by atoms with Gasteiger partial charge in [0, 0.05) is 22.6 Å². The molecule has 182 valence electrons. The monoisotopic (exact) mass is 487 g/mol. The Kier molecular flexibility index (Phi) is 6.21. The van der Waals surface area contributed by atoms with Crippen LogP contribution in [0.3, 0.4) is 0 Å². The topological polar surface area (TPSA) is 88.0 Å². The van der Waals surface area contributed by atoms with Crippen molar-refractivity contribution < 1.29 is 9.21 Å². The fourth-order valence-electron chi connectivity index (χ4n) is 4.84. The molecule has 0 aliphatic rings. The molecule has 0 aliphatic carbocycles. The Morgan fingerprint density at radius 2 is 1.57 bits per heavy atom. The number of aryl methyl sites for hydroxylation is 3. The average Bonchev–Trinajstić information content (AvgIpc) is 3.25. The van der Waals surface area contributed by atoms with Crippen molar-refractivity contribution in [2.45, 2.75) is 27.3 Å². The number of amides is 1. The minimum absolute atomic E-state index is 0.0576. The largest absolute Gasteiger partial charge is 0.438 e. The highest BCUT2D eigenvalue weighted by atomic mass is 16.4. The van der Waals surface area contributed by atoms with E-state index in [2.05, 4.69) is 11.4 Å². The minimum atomic E-state index is -0.461. The van der Waals surface area contributed by atoms with Crippen LogP contribution < -0.4 is 10.9 Å². The number of anilines is 1. The van der Waals surface area contributed by atoms with Gasteiger partial charge in [-0.1, -0.05) is 72.3 Å². The summed E-state index contributed by atoms with van der Waals surface area (Å²) >= 11 is 0. The molecule has 0 bridgehead atoms. The van der Waals surface area contributed by atoms with Crippen molar-refractivity contribution in [3.05, 3.63) is 111 Å². The summed E-state index contributed by atoms with van der Waals surface area (Å²) in [5, 5.41) is 13.8. The van der Waals surface area contributed by atoms with E-state index in [9.17, 15) is 14.9 Å². The van der Waals surface area contributed by atoms with Gasteiger partial charge in [0.05, 0.1) is 5.52 Å². The summed E-state index contributed by atoms with van der Waals surface area (Å²) < 4.78 is 7.59. The number of fused-ring (bicyclic) bond motifs is 1. The van der Waals surface area contributed by atoms with E-state index >= 15 is 0 Å². The molecule has 37 heavy (non-hydrogen) atoms. The second-order valence-corrected chi connectivity index (χ2v) is 9.13. The molecule has 1 N–H and O–H groups in total. The lowest BCUT2D eigenvalue weighted by Gasteiger charge is -2.15. The molecule has 0 spiro atoms. The molecule has 0 saturated heterocycles. The van der Waals surface area contributed by atoms with Gasteiger partial charge in [0.25, 0.3) is 5.56 Å². The highest BCUT2D eigenvalue weighted by Gasteiger charge is 2.24. The number of furan rings is 1. The lowest BCUT2D eigenvalue weighted by atomic mass is 9.98. The van der Waals surface area contributed by atoms with Crippen molar-refractivity contribution in [2.24, 2.45) is 0 Å². The SMILES string of the molecule is Cc1cc(C)c2c(c1)c(C)cc(=O)n2CC(=O)Nc1oc(-c2ccccc2)c(-c2ccccc2)c1C#N. The Morgan fingerprint density at radius 1 is 0.919 bits per heavy atom. The summed E-state index contributed by atoms with van der Waals surface area (Å²) in [6.07, 6.45) is 0. The van der Waals surface area contributed by atoms with Gasteiger partial charge in [-0.2, -0.15) is 5.26 Å². The number of nitriles is 1. The Labute approximate surface area is 214 Å². The van der Waals surface area contributed by atoms with Crippen LogP contribution in [-0.4, -0.2) is 10.5 Å². The Bertz CT molecular complexity index is 1740. The number of carbonyl (C=O) groups is 1. The van der Waals surface area contributed by atoms with Crippen LogP contribution in [0.5, 0.6) is 0 Å². The number of hydrogen-bond acceptors (Lipinski definition) is 4. The number of benzene rings is 3. The maximum absolute atomic E-state index is 13.3. The van der Waals surface area contributed by atoms with Crippen molar-refractivity contribution >= 4 is 22.7 Å². The summed E-state index contributed by atoms with van der Waals surface area (Å²) in [7, 11) is 0. The summed E-state index contributed by atoms with van der Waals surface area (Å²) in [6.45, 7) is 5.61. The van der Waals surface area contributed by atoms with Crippen LogP contribution in [0.1, 0.15) is 22.3 Å². The maximum atomic E-state index is 13.3. The predicted molar refractivity (Wildman–Crippen MR) is 145 cm³/mol. The Hall–Kier alpha value is -4.89. The summed E-state index contributed by atoms with van der Waals surface area (Å²) in [5.41, 5.74) is 5.74. The zero-order valence-electron chi connectivity index (χ0n) is 20.8. The minimum Gasteiger partial charge on any atom is -0.438 e. The fraction of sp³-hybridized carbons (Fsp3) is 0.129. The van der Waals surface area contributed by atoms with E-state index in [1.165, 1.54) is 4.57 Å². The Balaban J connectivity index is 1.58. The molecule has 0 aliphatic heterocycles. The van der Waals surface area contributed by atoms with Crippen LogP contribution >= 0.6 is 0 Å². The van der Waals surface area contributed by atoms with E-state index in [0.717, 1.165) is 38.7 Å². The predicted octanol–water partition coefficient (Wildman–Crippen LogP) is 6.36. The molecule has 5 aromatic rings. The van der Waals surface area contributed by atoms with Crippen molar-refractivity contribution in [3.63, 3.8) is 0 Å². The van der Waals surface area contributed by atoms with Crippen molar-refractivity contribution in [1.82, 2.24) is 4.57 Å². The second-order valence-electron chi connectivity index (χ2n) is 9.13. The molecule has 1 amide bonds. The molecule has 5 rings (SSSR count). The van der Waals surface area contributed by atoms with Gasteiger partial charge in [-0.25, -0.2) is 0 Å². The normalized spacial score (nSPS) is 10.9. The molecule has 0 radical (unpaired) electrons. The second kappa shape index (κ2) is 9.63. The third-order valence-electron chi connectivity index (χ3n) is 6.42. The summed E-state index contributed by atoms with van der Waals surface area (Å²) in [6, 6.07) is 26.7. The summed E-state index contributed by atoms with van der Waals surface area (Å²) in [5.74, 6) is 0.0851. The van der Waals surface area contributed by atoms with Gasteiger partial charge in [-0.15, -0.1) is 0 Å². The van der Waals surface area contributed by atoms with Crippen LogP contribution in [0.25, 0.3) is 33.4 Å². The molecule has 0 atom stereocenters. The van der Waals surface area contributed by atoms with Gasteiger partial charge in [-0.3, -0.25) is 19.5 Å². The molecule has 6 heteroatoms. The van der Waals surface area contributed by atoms with Gasteiger partial charge in [0.1, 0.15) is 23.9 Å². The number of nitrogens with zero attached hydrogens (tertiary/aromatic N) is 2. The van der Waals surface area contributed by atoms with E-state index in [-0.39, 0.29) is 23.6 Å². The van der Waals surface area contributed by atoms with E-state index in [0.29, 0.717) is 11.3 Å². The van der Waals surface area contributed by atoms with Crippen molar-refractivity contribution in [1.29, 1.82) is 5.26 Å². The molecular formula is C31H25N3O3. The standard InChI is InChI=1S/C31H25N3O3/c1-19-14-21(3)29-24(15-19)20(2)16-27(36)34(29)18-26(35)33-31-25(17-32)28(22-10-6-4-7-11-22)30(37-31)23-12-8-5-9-13-23/h4-16H,18H2,1-3H3,(H,33,35). The van der Waals surface area contributed by atoms with Gasteiger partial charge >= 0.3 is 0 Å². The van der Waals surface area contributed by atoms with E-state index < -0.39 is 5.91 Å². The third kappa shape index (κ3) is 4.43. The molecule has 2 heterocycles. The molecule has 0 fully saturated rings. The molecule has 6 nitrogen and oxygen atoms in total. The first-order valence-electron chi connectivity index (χ1n) is 12.0. The smallest absolute Gasteiger partial charge is 0.251 e. The first-order chi connectivity index (χ1) is 17.9.